The SMILES string of the molecule is CC(=O)Oc1c(-c2ccccc2)c(-c2ccccc2)nn1C(C)c1ccc(C(F)(F)F)c(C(F)(F)F)c1. The minimum absolute atomic E-state index is 0.0430. The molecule has 3 aromatic carbocycles. The molecule has 1 aromatic heterocycles. The maximum atomic E-state index is 13.6. The number of carbonyl (C=O) groups excluding carboxylic acids is 1. The number of alkyl halides is 6. The monoisotopic (exact) mass is 518 g/mol. The fraction of sp³-hybridized carbons (Fsp3) is 0.185. The van der Waals surface area contributed by atoms with Gasteiger partial charge in [0.1, 0.15) is 5.69 Å². The maximum Gasteiger partial charge on any atom is 0.417 e. The summed E-state index contributed by atoms with van der Waals surface area (Å²) in [6.07, 6.45) is -10.4. The van der Waals surface area contributed by atoms with E-state index in [2.05, 4.69) is 5.10 Å². The number of ether oxygens (including phenoxy) is 1. The highest BCUT2D eigenvalue weighted by atomic mass is 19.4. The van der Waals surface area contributed by atoms with Gasteiger partial charge in [-0.2, -0.15) is 31.4 Å². The van der Waals surface area contributed by atoms with Gasteiger partial charge in [0.05, 0.1) is 22.7 Å². The van der Waals surface area contributed by atoms with Crippen molar-refractivity contribution in [2.45, 2.75) is 32.2 Å². The number of rotatable bonds is 5. The summed E-state index contributed by atoms with van der Waals surface area (Å²) in [6.45, 7) is 2.63. The van der Waals surface area contributed by atoms with E-state index in [0.717, 1.165) is 6.07 Å². The Hall–Kier alpha value is -4.08. The van der Waals surface area contributed by atoms with Gasteiger partial charge < -0.3 is 4.74 Å². The molecule has 1 heterocycles. The fourth-order valence-corrected chi connectivity index (χ4v) is 4.02. The molecule has 0 aliphatic carbocycles. The zero-order valence-electron chi connectivity index (χ0n) is 19.6. The van der Waals surface area contributed by atoms with Gasteiger partial charge in [-0.3, -0.25) is 4.79 Å². The van der Waals surface area contributed by atoms with E-state index in [1.165, 1.54) is 18.5 Å². The molecule has 4 nitrogen and oxygen atoms in total. The summed E-state index contributed by atoms with van der Waals surface area (Å²) in [5.41, 5.74) is -1.63. The van der Waals surface area contributed by atoms with E-state index < -0.39 is 35.5 Å². The molecule has 4 aromatic rings. The van der Waals surface area contributed by atoms with Crippen LogP contribution in [0.5, 0.6) is 5.88 Å². The van der Waals surface area contributed by atoms with Gasteiger partial charge in [-0.25, -0.2) is 4.68 Å². The Morgan fingerprint density at radius 2 is 1.35 bits per heavy atom. The molecule has 0 N–H and O–H groups in total. The maximum absolute atomic E-state index is 13.6. The highest BCUT2D eigenvalue weighted by molar-refractivity contribution is 5.86. The molecule has 0 fully saturated rings. The van der Waals surface area contributed by atoms with Crippen molar-refractivity contribution in [3.05, 3.63) is 95.6 Å². The van der Waals surface area contributed by atoms with Crippen LogP contribution in [0, 0.1) is 0 Å². The molecule has 37 heavy (non-hydrogen) atoms. The van der Waals surface area contributed by atoms with Crippen LogP contribution in [0.1, 0.15) is 36.6 Å². The Kier molecular flexibility index (Phi) is 6.86. The summed E-state index contributed by atoms with van der Waals surface area (Å²) in [6, 6.07) is 18.5. The van der Waals surface area contributed by atoms with E-state index in [1.54, 1.807) is 60.7 Å². The van der Waals surface area contributed by atoms with Crippen molar-refractivity contribution in [1.29, 1.82) is 0 Å². The quantitative estimate of drug-likeness (QED) is 0.200. The first kappa shape index (κ1) is 26.0. The molecule has 192 valence electrons. The van der Waals surface area contributed by atoms with Crippen LogP contribution in [0.2, 0.25) is 0 Å². The molecule has 0 spiro atoms. The Balaban J connectivity index is 1.97. The summed E-state index contributed by atoms with van der Waals surface area (Å²) < 4.78 is 87.4. The number of carbonyl (C=O) groups is 1. The molecular weight excluding hydrogens is 498 g/mol. The third kappa shape index (κ3) is 5.37. The van der Waals surface area contributed by atoms with Gasteiger partial charge in [-0.1, -0.05) is 66.7 Å². The number of esters is 1. The summed E-state index contributed by atoms with van der Waals surface area (Å²) in [5, 5.41) is 4.59. The van der Waals surface area contributed by atoms with Crippen molar-refractivity contribution in [3.63, 3.8) is 0 Å². The lowest BCUT2D eigenvalue weighted by Crippen LogP contribution is -2.19. The first-order valence-corrected chi connectivity index (χ1v) is 11.1. The third-order valence-corrected chi connectivity index (χ3v) is 5.72. The molecule has 0 aliphatic rings. The van der Waals surface area contributed by atoms with Crippen LogP contribution in [0.15, 0.2) is 78.9 Å². The summed E-state index contributed by atoms with van der Waals surface area (Å²) in [5.74, 6) is -0.743. The zero-order valence-corrected chi connectivity index (χ0v) is 19.6. The van der Waals surface area contributed by atoms with Crippen LogP contribution in [-0.4, -0.2) is 15.7 Å². The predicted molar refractivity (Wildman–Crippen MR) is 125 cm³/mol. The number of nitrogens with zero attached hydrogens (tertiary/aromatic N) is 2. The average molecular weight is 518 g/mol. The van der Waals surface area contributed by atoms with Crippen molar-refractivity contribution < 1.29 is 35.9 Å². The second-order valence-corrected chi connectivity index (χ2v) is 8.28. The van der Waals surface area contributed by atoms with Crippen LogP contribution in [-0.2, 0) is 17.1 Å². The molecule has 0 bridgehead atoms. The second kappa shape index (κ2) is 9.76. The van der Waals surface area contributed by atoms with Gasteiger partial charge in [0.15, 0.2) is 0 Å². The van der Waals surface area contributed by atoms with Crippen LogP contribution in [0.4, 0.5) is 26.3 Å². The lowest BCUT2D eigenvalue weighted by Gasteiger charge is -2.20. The van der Waals surface area contributed by atoms with Gasteiger partial charge >= 0.3 is 18.3 Å². The lowest BCUT2D eigenvalue weighted by atomic mass is 9.99. The number of halogens is 6. The first-order chi connectivity index (χ1) is 17.4. The average Bonchev–Trinajstić information content (AvgIpc) is 3.21. The Morgan fingerprint density at radius 1 is 0.811 bits per heavy atom. The molecule has 1 atom stereocenters. The molecule has 1 unspecified atom stereocenters. The van der Waals surface area contributed by atoms with Crippen LogP contribution in [0.3, 0.4) is 0 Å². The van der Waals surface area contributed by atoms with Gasteiger partial charge in [0.2, 0.25) is 5.88 Å². The summed E-state index contributed by atoms with van der Waals surface area (Å²) in [7, 11) is 0. The third-order valence-electron chi connectivity index (χ3n) is 5.72. The fourth-order valence-electron chi connectivity index (χ4n) is 4.02. The van der Waals surface area contributed by atoms with E-state index >= 15 is 0 Å². The number of aromatic nitrogens is 2. The van der Waals surface area contributed by atoms with Gasteiger partial charge in [-0.05, 0) is 30.2 Å². The van der Waals surface area contributed by atoms with Gasteiger partial charge in [0.25, 0.3) is 0 Å². The molecular formula is C27H20F6N2O2. The predicted octanol–water partition coefficient (Wildman–Crippen LogP) is 7.79. The molecule has 0 saturated carbocycles. The molecule has 0 aliphatic heterocycles. The Labute approximate surface area is 208 Å². The largest absolute Gasteiger partial charge is 0.417 e. The number of benzene rings is 3. The van der Waals surface area contributed by atoms with Crippen molar-refractivity contribution in [3.8, 4) is 28.3 Å². The minimum atomic E-state index is -5.24. The van der Waals surface area contributed by atoms with Crippen LogP contribution < -0.4 is 4.74 Å². The molecule has 0 saturated heterocycles. The van der Waals surface area contributed by atoms with Crippen molar-refractivity contribution in [2.24, 2.45) is 0 Å². The normalized spacial score (nSPS) is 12.9. The topological polar surface area (TPSA) is 44.1 Å². The first-order valence-electron chi connectivity index (χ1n) is 11.1. The van der Waals surface area contributed by atoms with Crippen LogP contribution >= 0.6 is 0 Å². The highest BCUT2D eigenvalue weighted by Crippen LogP contribution is 2.44. The van der Waals surface area contributed by atoms with E-state index in [-0.39, 0.29) is 11.4 Å². The second-order valence-electron chi connectivity index (χ2n) is 8.28. The minimum Gasteiger partial charge on any atom is -0.407 e. The highest BCUT2D eigenvalue weighted by Gasteiger charge is 2.43. The van der Waals surface area contributed by atoms with Crippen molar-refractivity contribution in [2.75, 3.05) is 0 Å². The molecule has 0 radical (unpaired) electrons. The Morgan fingerprint density at radius 3 is 1.86 bits per heavy atom. The zero-order chi connectivity index (χ0) is 27.0. The number of hydrogen-bond donors (Lipinski definition) is 0. The smallest absolute Gasteiger partial charge is 0.407 e. The van der Waals surface area contributed by atoms with E-state index in [9.17, 15) is 31.1 Å². The van der Waals surface area contributed by atoms with Crippen molar-refractivity contribution >= 4 is 5.97 Å². The van der Waals surface area contributed by atoms with Crippen LogP contribution in [0.25, 0.3) is 22.4 Å². The number of hydrogen-bond acceptors (Lipinski definition) is 3. The Bertz CT molecular complexity index is 1410. The van der Waals surface area contributed by atoms with Gasteiger partial charge in [-0.15, -0.1) is 0 Å². The van der Waals surface area contributed by atoms with E-state index in [1.807, 2.05) is 0 Å². The van der Waals surface area contributed by atoms with E-state index in [0.29, 0.717) is 34.5 Å². The molecule has 0 amide bonds. The standard InChI is InChI=1S/C27H20F6N2O2/c1-16(20-13-14-21(26(28,29)30)22(15-20)27(31,32)33)35-25(37-17(2)36)23(18-9-5-3-6-10-18)24(34-35)19-11-7-4-8-12-19/h3-16H,1-2H3. The van der Waals surface area contributed by atoms with E-state index in [4.69, 9.17) is 4.74 Å². The molecule has 10 heteroatoms. The lowest BCUT2D eigenvalue weighted by molar-refractivity contribution is -0.162. The van der Waals surface area contributed by atoms with Gasteiger partial charge in [0, 0.05) is 12.5 Å². The molecule has 4 rings (SSSR count). The van der Waals surface area contributed by atoms with Crippen molar-refractivity contribution in [1.82, 2.24) is 9.78 Å². The summed E-state index contributed by atoms with van der Waals surface area (Å²) >= 11 is 0. The summed E-state index contributed by atoms with van der Waals surface area (Å²) in [4.78, 5) is 12.1.